The second-order valence-electron chi connectivity index (χ2n) is 5.78. The van der Waals surface area contributed by atoms with Crippen LogP contribution < -0.4 is 5.56 Å². The standard InChI is InChI=1S/C16H17F2N5O/c1-9(11-6-10(17)4-5-13(11)18)22(2)8-14-20-15-12(16(24)21-14)7-19-23(15)3/h4-7,9H,8H2,1-3H3,(H,20,21,24)/t9-/m1/s1. The summed E-state index contributed by atoms with van der Waals surface area (Å²) in [4.78, 5) is 20.9. The van der Waals surface area contributed by atoms with Gasteiger partial charge in [0.15, 0.2) is 5.65 Å². The second kappa shape index (κ2) is 6.12. The topological polar surface area (TPSA) is 66.8 Å². The monoisotopic (exact) mass is 333 g/mol. The summed E-state index contributed by atoms with van der Waals surface area (Å²) in [5.41, 5.74) is 0.453. The number of hydrogen-bond acceptors (Lipinski definition) is 4. The molecule has 0 fully saturated rings. The maximum atomic E-state index is 13.9. The van der Waals surface area contributed by atoms with Crippen molar-refractivity contribution >= 4 is 11.0 Å². The Hall–Kier alpha value is -2.61. The molecule has 3 aromatic rings. The van der Waals surface area contributed by atoms with Gasteiger partial charge in [0, 0.05) is 18.7 Å². The number of nitrogens with one attached hydrogen (secondary N) is 1. The number of fused-ring (bicyclic) bond motifs is 1. The van der Waals surface area contributed by atoms with Crippen molar-refractivity contribution in [2.24, 2.45) is 7.05 Å². The zero-order valence-electron chi connectivity index (χ0n) is 13.5. The highest BCUT2D eigenvalue weighted by atomic mass is 19.1. The predicted octanol–water partition coefficient (Wildman–Crippen LogP) is 2.13. The Morgan fingerprint density at radius 1 is 1.38 bits per heavy atom. The van der Waals surface area contributed by atoms with E-state index in [0.29, 0.717) is 16.9 Å². The molecular formula is C16H17F2N5O. The maximum absolute atomic E-state index is 13.9. The van der Waals surface area contributed by atoms with E-state index in [-0.39, 0.29) is 17.7 Å². The van der Waals surface area contributed by atoms with Crippen molar-refractivity contribution in [3.05, 3.63) is 57.8 Å². The van der Waals surface area contributed by atoms with Gasteiger partial charge in [-0.15, -0.1) is 0 Å². The number of aromatic amines is 1. The first-order valence-corrected chi connectivity index (χ1v) is 7.43. The molecule has 0 saturated carbocycles. The van der Waals surface area contributed by atoms with E-state index in [1.165, 1.54) is 16.9 Å². The van der Waals surface area contributed by atoms with Crippen LogP contribution in [0.3, 0.4) is 0 Å². The molecule has 0 saturated heterocycles. The lowest BCUT2D eigenvalue weighted by Crippen LogP contribution is -2.25. The van der Waals surface area contributed by atoms with Gasteiger partial charge in [0.1, 0.15) is 22.8 Å². The highest BCUT2D eigenvalue weighted by Crippen LogP contribution is 2.23. The van der Waals surface area contributed by atoms with Gasteiger partial charge in [0.25, 0.3) is 5.56 Å². The third kappa shape index (κ3) is 2.92. The summed E-state index contributed by atoms with van der Waals surface area (Å²) in [5.74, 6) is -0.531. The molecule has 6 nitrogen and oxygen atoms in total. The largest absolute Gasteiger partial charge is 0.309 e. The van der Waals surface area contributed by atoms with Gasteiger partial charge in [-0.1, -0.05) is 0 Å². The number of hydrogen-bond donors (Lipinski definition) is 1. The highest BCUT2D eigenvalue weighted by molar-refractivity contribution is 5.72. The Balaban J connectivity index is 1.89. The molecule has 0 amide bonds. The summed E-state index contributed by atoms with van der Waals surface area (Å²) in [6.45, 7) is 2.03. The zero-order valence-corrected chi connectivity index (χ0v) is 13.5. The Morgan fingerprint density at radius 3 is 2.88 bits per heavy atom. The molecule has 1 aromatic carbocycles. The van der Waals surface area contributed by atoms with Crippen LogP contribution in [-0.4, -0.2) is 31.7 Å². The summed E-state index contributed by atoms with van der Waals surface area (Å²) in [5, 5.41) is 4.42. The van der Waals surface area contributed by atoms with Crippen LogP contribution in [0, 0.1) is 11.6 Å². The molecule has 0 bridgehead atoms. The highest BCUT2D eigenvalue weighted by Gasteiger charge is 2.18. The number of aromatic nitrogens is 4. The molecule has 1 atom stereocenters. The van der Waals surface area contributed by atoms with Crippen molar-refractivity contribution in [1.29, 1.82) is 0 Å². The van der Waals surface area contributed by atoms with E-state index in [4.69, 9.17) is 0 Å². The predicted molar refractivity (Wildman–Crippen MR) is 85.4 cm³/mol. The van der Waals surface area contributed by atoms with Crippen molar-refractivity contribution in [3.63, 3.8) is 0 Å². The SMILES string of the molecule is C[C@H](c1cc(F)ccc1F)N(C)Cc1nc2c(cnn2C)c(=O)[nH]1. The Labute approximate surface area is 136 Å². The van der Waals surface area contributed by atoms with E-state index < -0.39 is 17.7 Å². The smallest absolute Gasteiger partial charge is 0.262 e. The Bertz CT molecular complexity index is 949. The van der Waals surface area contributed by atoms with Crippen molar-refractivity contribution in [1.82, 2.24) is 24.6 Å². The van der Waals surface area contributed by atoms with Crippen LogP contribution in [0.2, 0.25) is 0 Å². The molecular weight excluding hydrogens is 316 g/mol. The summed E-state index contributed by atoms with van der Waals surface area (Å²) < 4.78 is 28.8. The third-order valence-electron chi connectivity index (χ3n) is 4.12. The molecule has 2 heterocycles. The molecule has 8 heteroatoms. The number of halogens is 2. The van der Waals surface area contributed by atoms with Crippen molar-refractivity contribution in [2.75, 3.05) is 7.05 Å². The second-order valence-corrected chi connectivity index (χ2v) is 5.78. The molecule has 0 aliphatic rings. The minimum Gasteiger partial charge on any atom is -0.309 e. The molecule has 0 aliphatic carbocycles. The van der Waals surface area contributed by atoms with Gasteiger partial charge < -0.3 is 4.98 Å². The quantitative estimate of drug-likeness (QED) is 0.794. The first-order chi connectivity index (χ1) is 11.4. The molecule has 0 unspecified atom stereocenters. The van der Waals surface area contributed by atoms with Crippen LogP contribution in [-0.2, 0) is 13.6 Å². The van der Waals surface area contributed by atoms with Gasteiger partial charge in [-0.05, 0) is 32.2 Å². The number of aryl methyl sites for hydroxylation is 1. The van der Waals surface area contributed by atoms with Gasteiger partial charge in [-0.3, -0.25) is 14.4 Å². The van der Waals surface area contributed by atoms with Crippen LogP contribution in [0.4, 0.5) is 8.78 Å². The Morgan fingerprint density at radius 2 is 2.12 bits per heavy atom. The van der Waals surface area contributed by atoms with Crippen LogP contribution in [0.25, 0.3) is 11.0 Å². The molecule has 2 aromatic heterocycles. The fraction of sp³-hybridized carbons (Fsp3) is 0.312. The van der Waals surface area contributed by atoms with Gasteiger partial charge in [0.2, 0.25) is 0 Å². The van der Waals surface area contributed by atoms with E-state index in [9.17, 15) is 13.6 Å². The lowest BCUT2D eigenvalue weighted by atomic mass is 10.1. The van der Waals surface area contributed by atoms with Crippen LogP contribution in [0.15, 0.2) is 29.2 Å². The first kappa shape index (κ1) is 16.3. The van der Waals surface area contributed by atoms with Crippen molar-refractivity contribution in [3.8, 4) is 0 Å². The summed E-state index contributed by atoms with van der Waals surface area (Å²) in [7, 11) is 3.45. The average molecular weight is 333 g/mol. The zero-order chi connectivity index (χ0) is 17.4. The summed E-state index contributed by atoms with van der Waals surface area (Å²) >= 11 is 0. The fourth-order valence-corrected chi connectivity index (χ4v) is 2.60. The van der Waals surface area contributed by atoms with Gasteiger partial charge >= 0.3 is 0 Å². The summed E-state index contributed by atoms with van der Waals surface area (Å²) in [6, 6.07) is 2.97. The van der Waals surface area contributed by atoms with E-state index >= 15 is 0 Å². The number of benzene rings is 1. The molecule has 3 rings (SSSR count). The van der Waals surface area contributed by atoms with Crippen LogP contribution in [0.5, 0.6) is 0 Å². The van der Waals surface area contributed by atoms with E-state index in [1.807, 2.05) is 0 Å². The average Bonchev–Trinajstić information content (AvgIpc) is 2.91. The molecule has 24 heavy (non-hydrogen) atoms. The van der Waals surface area contributed by atoms with Crippen molar-refractivity contribution in [2.45, 2.75) is 19.5 Å². The van der Waals surface area contributed by atoms with Crippen molar-refractivity contribution < 1.29 is 8.78 Å². The van der Waals surface area contributed by atoms with Gasteiger partial charge in [-0.25, -0.2) is 13.8 Å². The molecule has 0 radical (unpaired) electrons. The lowest BCUT2D eigenvalue weighted by Gasteiger charge is -2.24. The minimum atomic E-state index is -0.491. The third-order valence-corrected chi connectivity index (χ3v) is 4.12. The minimum absolute atomic E-state index is 0.251. The number of rotatable bonds is 4. The van der Waals surface area contributed by atoms with E-state index in [1.54, 1.807) is 25.9 Å². The number of nitrogens with zero attached hydrogens (tertiary/aromatic N) is 4. The van der Waals surface area contributed by atoms with E-state index in [2.05, 4.69) is 15.1 Å². The Kier molecular flexibility index (Phi) is 4.15. The molecule has 0 spiro atoms. The summed E-state index contributed by atoms with van der Waals surface area (Å²) in [6.07, 6.45) is 1.46. The lowest BCUT2D eigenvalue weighted by molar-refractivity contribution is 0.241. The van der Waals surface area contributed by atoms with Gasteiger partial charge in [0.05, 0.1) is 12.7 Å². The number of H-pyrrole nitrogens is 1. The fourth-order valence-electron chi connectivity index (χ4n) is 2.60. The van der Waals surface area contributed by atoms with Crippen LogP contribution >= 0.6 is 0 Å². The normalized spacial score (nSPS) is 12.9. The molecule has 1 N–H and O–H groups in total. The first-order valence-electron chi connectivity index (χ1n) is 7.43. The molecule has 0 aliphatic heterocycles. The van der Waals surface area contributed by atoms with E-state index in [0.717, 1.165) is 12.1 Å². The maximum Gasteiger partial charge on any atom is 0.262 e. The van der Waals surface area contributed by atoms with Gasteiger partial charge in [-0.2, -0.15) is 5.10 Å². The van der Waals surface area contributed by atoms with Crippen LogP contribution in [0.1, 0.15) is 24.4 Å². The molecule has 126 valence electrons.